The maximum absolute atomic E-state index is 13.5. The maximum Gasteiger partial charge on any atom is 0.308 e. The van der Waals surface area contributed by atoms with E-state index in [1.165, 1.54) is 25.8 Å². The largest absolute Gasteiger partial charge is 0.496 e. The normalized spacial score (nSPS) is 14.0. The summed E-state index contributed by atoms with van der Waals surface area (Å²) in [6.07, 6.45) is -0.357. The van der Waals surface area contributed by atoms with Crippen molar-refractivity contribution in [3.05, 3.63) is 53.1 Å². The van der Waals surface area contributed by atoms with E-state index in [0.717, 1.165) is 12.1 Å². The van der Waals surface area contributed by atoms with Gasteiger partial charge in [0.25, 0.3) is 0 Å². The summed E-state index contributed by atoms with van der Waals surface area (Å²) in [6.45, 7) is 1.45. The highest BCUT2D eigenvalue weighted by Gasteiger charge is 2.40. The molecule has 0 saturated carbocycles. The van der Waals surface area contributed by atoms with Gasteiger partial charge < -0.3 is 20.5 Å². The van der Waals surface area contributed by atoms with Crippen LogP contribution >= 0.6 is 11.8 Å². The molecular formula is C19H18F2N2O4S. The standard InChI is InChI=1S/C19H18F2N2O4S/c1-10(24)11-3-4-17(27-2)12(5-11)9-28-19(8-18(25)26)22-15-6-13(20)14(21)7-16(15)23-19/h3-7,22-23H,8-9H2,1-2H3,(H,25,26). The Morgan fingerprint density at radius 3 is 2.25 bits per heavy atom. The number of Topliss-reactive ketones (excluding diaryl/α,β-unsaturated/α-hetero) is 1. The fourth-order valence-corrected chi connectivity index (χ4v) is 4.17. The molecule has 1 heterocycles. The van der Waals surface area contributed by atoms with Crippen molar-refractivity contribution in [2.24, 2.45) is 0 Å². The van der Waals surface area contributed by atoms with Gasteiger partial charge in [0.15, 0.2) is 22.4 Å². The summed E-state index contributed by atoms with van der Waals surface area (Å²) in [4.78, 5) is 21.9. The highest BCUT2D eigenvalue weighted by Crippen LogP contribution is 2.44. The molecule has 28 heavy (non-hydrogen) atoms. The van der Waals surface area contributed by atoms with E-state index in [2.05, 4.69) is 10.6 Å². The number of carbonyl (C=O) groups excluding carboxylic acids is 1. The zero-order chi connectivity index (χ0) is 20.5. The number of carbonyl (C=O) groups is 2. The summed E-state index contributed by atoms with van der Waals surface area (Å²) >= 11 is 1.19. The molecule has 9 heteroatoms. The molecule has 3 N–H and O–H groups in total. The lowest BCUT2D eigenvalue weighted by Gasteiger charge is -2.29. The number of aliphatic carboxylic acids is 1. The number of thioether (sulfide) groups is 1. The molecule has 0 fully saturated rings. The van der Waals surface area contributed by atoms with E-state index in [9.17, 15) is 23.5 Å². The summed E-state index contributed by atoms with van der Waals surface area (Å²) in [5.74, 6) is -2.41. The van der Waals surface area contributed by atoms with E-state index < -0.39 is 22.6 Å². The van der Waals surface area contributed by atoms with Gasteiger partial charge in [-0.1, -0.05) is 0 Å². The third kappa shape index (κ3) is 4.04. The van der Waals surface area contributed by atoms with E-state index in [1.54, 1.807) is 18.2 Å². The average Bonchev–Trinajstić information content (AvgIpc) is 2.96. The van der Waals surface area contributed by atoms with Crippen LogP contribution in [0.1, 0.15) is 29.3 Å². The number of nitrogens with one attached hydrogen (secondary N) is 2. The SMILES string of the molecule is COc1ccc(C(C)=O)cc1CSC1(CC(=O)O)Nc2cc(F)c(F)cc2N1. The molecule has 0 unspecified atom stereocenters. The molecule has 0 bridgehead atoms. The van der Waals surface area contributed by atoms with Crippen molar-refractivity contribution in [3.8, 4) is 5.75 Å². The number of carboxylic acids is 1. The van der Waals surface area contributed by atoms with Crippen LogP contribution in [0.15, 0.2) is 30.3 Å². The topological polar surface area (TPSA) is 87.7 Å². The summed E-state index contributed by atoms with van der Waals surface area (Å²) in [5.41, 5.74) is 1.75. The van der Waals surface area contributed by atoms with Crippen LogP contribution in [-0.4, -0.2) is 29.0 Å². The van der Waals surface area contributed by atoms with E-state index in [-0.39, 0.29) is 29.3 Å². The predicted octanol–water partition coefficient (Wildman–Crippen LogP) is 4.08. The molecule has 1 aliphatic heterocycles. The Bertz CT molecular complexity index is 921. The molecule has 1 aliphatic rings. The number of rotatable bonds is 7. The number of fused-ring (bicyclic) bond motifs is 1. The van der Waals surface area contributed by atoms with Crippen molar-refractivity contribution < 1.29 is 28.2 Å². The number of carboxylic acid groups (broad SMARTS) is 1. The summed E-state index contributed by atoms with van der Waals surface area (Å²) in [5, 5.41) is 15.2. The molecule has 0 saturated heterocycles. The fourth-order valence-electron chi connectivity index (χ4n) is 2.96. The molecule has 2 aromatic carbocycles. The van der Waals surface area contributed by atoms with Crippen LogP contribution in [0.25, 0.3) is 0 Å². The Balaban J connectivity index is 1.88. The highest BCUT2D eigenvalue weighted by molar-refractivity contribution is 8.00. The van der Waals surface area contributed by atoms with Crippen molar-refractivity contribution in [1.29, 1.82) is 0 Å². The van der Waals surface area contributed by atoms with Crippen LogP contribution in [0.3, 0.4) is 0 Å². The van der Waals surface area contributed by atoms with E-state index in [1.807, 2.05) is 0 Å². The molecule has 0 amide bonds. The van der Waals surface area contributed by atoms with Gasteiger partial charge in [-0.15, -0.1) is 11.8 Å². The van der Waals surface area contributed by atoms with E-state index in [0.29, 0.717) is 16.9 Å². The highest BCUT2D eigenvalue weighted by atomic mass is 32.2. The third-order valence-corrected chi connectivity index (χ3v) is 5.59. The molecule has 3 rings (SSSR count). The van der Waals surface area contributed by atoms with Gasteiger partial charge in [-0.3, -0.25) is 9.59 Å². The van der Waals surface area contributed by atoms with Crippen LogP contribution < -0.4 is 15.4 Å². The number of halogens is 2. The number of methoxy groups -OCH3 is 1. The Morgan fingerprint density at radius 2 is 1.75 bits per heavy atom. The number of ether oxygens (including phenoxy) is 1. The number of hydrogen-bond acceptors (Lipinski definition) is 6. The van der Waals surface area contributed by atoms with Crippen LogP contribution in [0.2, 0.25) is 0 Å². The van der Waals surface area contributed by atoms with Crippen LogP contribution in [0.5, 0.6) is 5.75 Å². The molecule has 0 aromatic heterocycles. The van der Waals surface area contributed by atoms with Crippen molar-refractivity contribution in [2.45, 2.75) is 24.1 Å². The Labute approximate surface area is 164 Å². The average molecular weight is 408 g/mol. The molecule has 0 spiro atoms. The smallest absolute Gasteiger partial charge is 0.308 e. The molecular weight excluding hydrogens is 390 g/mol. The lowest BCUT2D eigenvalue weighted by molar-refractivity contribution is -0.137. The Morgan fingerprint density at radius 1 is 1.14 bits per heavy atom. The minimum atomic E-state index is -1.22. The van der Waals surface area contributed by atoms with Gasteiger partial charge in [-0.2, -0.15) is 0 Å². The lowest BCUT2D eigenvalue weighted by atomic mass is 10.1. The summed E-state index contributed by atoms with van der Waals surface area (Å²) < 4.78 is 32.4. The zero-order valence-corrected chi connectivity index (χ0v) is 16.0. The molecule has 2 aromatic rings. The lowest BCUT2D eigenvalue weighted by Crippen LogP contribution is -2.40. The first-order valence-electron chi connectivity index (χ1n) is 8.32. The first kappa shape index (κ1) is 19.9. The van der Waals surface area contributed by atoms with Crippen molar-refractivity contribution in [3.63, 3.8) is 0 Å². The fraction of sp³-hybridized carbons (Fsp3) is 0.263. The van der Waals surface area contributed by atoms with E-state index in [4.69, 9.17) is 4.74 Å². The van der Waals surface area contributed by atoms with E-state index >= 15 is 0 Å². The van der Waals surface area contributed by atoms with Crippen LogP contribution in [0.4, 0.5) is 20.2 Å². The number of hydrogen-bond donors (Lipinski definition) is 3. The van der Waals surface area contributed by atoms with Crippen LogP contribution in [-0.2, 0) is 10.5 Å². The summed E-state index contributed by atoms with van der Waals surface area (Å²) in [7, 11) is 1.50. The van der Waals surface area contributed by atoms with Gasteiger partial charge in [-0.25, -0.2) is 8.78 Å². The number of benzene rings is 2. The van der Waals surface area contributed by atoms with Crippen molar-refractivity contribution >= 4 is 34.9 Å². The van der Waals surface area contributed by atoms with Crippen molar-refractivity contribution in [1.82, 2.24) is 0 Å². The minimum absolute atomic E-state index is 0.107. The van der Waals surface area contributed by atoms with Crippen molar-refractivity contribution in [2.75, 3.05) is 17.7 Å². The quantitative estimate of drug-likeness (QED) is 0.595. The predicted molar refractivity (Wildman–Crippen MR) is 103 cm³/mol. The van der Waals surface area contributed by atoms with Gasteiger partial charge in [0.05, 0.1) is 24.9 Å². The van der Waals surface area contributed by atoms with Gasteiger partial charge in [0.2, 0.25) is 0 Å². The Hall–Kier alpha value is -2.81. The number of anilines is 2. The number of ketones is 1. The minimum Gasteiger partial charge on any atom is -0.496 e. The summed E-state index contributed by atoms with van der Waals surface area (Å²) in [6, 6.07) is 6.98. The second kappa shape index (κ2) is 7.67. The Kier molecular flexibility index (Phi) is 5.46. The van der Waals surface area contributed by atoms with Gasteiger partial charge in [-0.05, 0) is 25.1 Å². The van der Waals surface area contributed by atoms with Crippen LogP contribution in [0, 0.1) is 11.6 Å². The molecule has 0 radical (unpaired) electrons. The first-order chi connectivity index (χ1) is 13.2. The second-order valence-corrected chi connectivity index (χ2v) is 7.61. The monoisotopic (exact) mass is 408 g/mol. The van der Waals surface area contributed by atoms with Gasteiger partial charge >= 0.3 is 5.97 Å². The van der Waals surface area contributed by atoms with Gasteiger partial charge in [0, 0.05) is 29.0 Å². The zero-order valence-electron chi connectivity index (χ0n) is 15.1. The molecule has 148 valence electrons. The van der Waals surface area contributed by atoms with Gasteiger partial charge in [0.1, 0.15) is 5.75 Å². The molecule has 0 atom stereocenters. The molecule has 0 aliphatic carbocycles. The molecule has 6 nitrogen and oxygen atoms in total. The third-order valence-electron chi connectivity index (χ3n) is 4.29. The first-order valence-corrected chi connectivity index (χ1v) is 9.30. The maximum atomic E-state index is 13.5. The second-order valence-electron chi connectivity index (χ2n) is 6.33.